The van der Waals surface area contributed by atoms with Gasteiger partial charge in [-0.15, -0.1) is 0 Å². The van der Waals surface area contributed by atoms with Crippen LogP contribution in [0.4, 0.5) is 4.39 Å². The van der Waals surface area contributed by atoms with Crippen LogP contribution >= 0.6 is 81.2 Å². The molecule has 0 radical (unpaired) electrons. The third kappa shape index (κ3) is 1.47. The van der Waals surface area contributed by atoms with Crippen molar-refractivity contribution >= 4 is 81.2 Å². The minimum atomic E-state index is -2.25. The average molecular weight is 327 g/mol. The predicted molar refractivity (Wildman–Crippen MR) is 57.3 cm³/mol. The normalized spacial score (nSPS) is 29.5. The Bertz CT molecular complexity index is 253. The third-order valence-electron chi connectivity index (χ3n) is 1.53. The van der Waals surface area contributed by atoms with Crippen LogP contribution in [0.25, 0.3) is 0 Å². The highest BCUT2D eigenvalue weighted by Crippen LogP contribution is 2.66. The van der Waals surface area contributed by atoms with E-state index in [1.165, 1.54) is 0 Å². The van der Waals surface area contributed by atoms with E-state index in [4.69, 9.17) is 81.2 Å². The Labute approximate surface area is 109 Å². The molecule has 1 aliphatic rings. The van der Waals surface area contributed by atoms with Gasteiger partial charge in [0.2, 0.25) is 4.33 Å². The summed E-state index contributed by atoms with van der Waals surface area (Å²) in [4.78, 5) is 0. The smallest absolute Gasteiger partial charge is 0.206 e. The molecule has 0 saturated heterocycles. The van der Waals surface area contributed by atoms with Crippen LogP contribution in [0.1, 0.15) is 0 Å². The van der Waals surface area contributed by atoms with Gasteiger partial charge < -0.3 is 0 Å². The first-order valence-corrected chi connectivity index (χ1v) is 5.41. The van der Waals surface area contributed by atoms with Gasteiger partial charge in [-0.05, 0) is 0 Å². The van der Waals surface area contributed by atoms with E-state index in [-0.39, 0.29) is 0 Å². The molecule has 0 atom stereocenters. The van der Waals surface area contributed by atoms with Crippen LogP contribution in [0.3, 0.4) is 0 Å². The van der Waals surface area contributed by atoms with Crippen molar-refractivity contribution in [1.82, 2.24) is 0 Å². The molecule has 0 N–H and O–H groups in total. The maximum atomic E-state index is 13.2. The van der Waals surface area contributed by atoms with Gasteiger partial charge in [0, 0.05) is 0 Å². The van der Waals surface area contributed by atoms with Gasteiger partial charge in [0.15, 0.2) is 14.5 Å². The van der Waals surface area contributed by atoms with E-state index >= 15 is 0 Å². The van der Waals surface area contributed by atoms with E-state index in [1.54, 1.807) is 0 Å². The Morgan fingerprint density at radius 2 is 1.23 bits per heavy atom. The lowest BCUT2D eigenvalue weighted by Gasteiger charge is -2.31. The first-order valence-electron chi connectivity index (χ1n) is 2.76. The molecule has 0 saturated carbocycles. The summed E-state index contributed by atoms with van der Waals surface area (Å²) in [6, 6.07) is 0. The van der Waals surface area contributed by atoms with E-state index in [0.717, 1.165) is 0 Å². The molecule has 0 nitrogen and oxygen atoms in total. The third-order valence-corrected chi connectivity index (χ3v) is 5.93. The number of hydrogen-bond donors (Lipinski definition) is 0. The molecule has 76 valence electrons. The van der Waals surface area contributed by atoms with Crippen molar-refractivity contribution in [3.8, 4) is 0 Å². The number of halogens is 8. The van der Waals surface area contributed by atoms with Gasteiger partial charge in [-0.1, -0.05) is 81.2 Å². The van der Waals surface area contributed by atoms with Gasteiger partial charge in [0.25, 0.3) is 0 Å². The van der Waals surface area contributed by atoms with Crippen molar-refractivity contribution in [3.63, 3.8) is 0 Å². The first-order chi connectivity index (χ1) is 5.57. The van der Waals surface area contributed by atoms with Crippen LogP contribution < -0.4 is 0 Å². The minimum Gasteiger partial charge on any atom is -0.207 e. The average Bonchev–Trinajstić information content (AvgIpc) is 2.05. The lowest BCUT2D eigenvalue weighted by atomic mass is 10.3. The fourth-order valence-electron chi connectivity index (χ4n) is 0.749. The fraction of sp³-hybridized carbons (Fsp3) is 0.600. The molecule has 0 fully saturated rings. The summed E-state index contributed by atoms with van der Waals surface area (Å²) in [5.74, 6) is -1.15. The molecule has 0 aromatic rings. The van der Waals surface area contributed by atoms with Crippen molar-refractivity contribution in [2.75, 3.05) is 0 Å². The standard InChI is InChI=1S/C5Cl7F/c6-1-2(13)4(9,10)5(11,12)3(1,7)8. The second kappa shape index (κ2) is 3.35. The van der Waals surface area contributed by atoms with E-state index < -0.39 is 23.9 Å². The highest BCUT2D eigenvalue weighted by molar-refractivity contribution is 6.74. The van der Waals surface area contributed by atoms with Crippen LogP contribution in [0.5, 0.6) is 0 Å². The van der Waals surface area contributed by atoms with E-state index in [0.29, 0.717) is 0 Å². The molecule has 0 spiro atoms. The Morgan fingerprint density at radius 1 is 0.846 bits per heavy atom. The Morgan fingerprint density at radius 3 is 1.31 bits per heavy atom. The van der Waals surface area contributed by atoms with Gasteiger partial charge in [-0.25, -0.2) is 4.39 Å². The van der Waals surface area contributed by atoms with Gasteiger partial charge >= 0.3 is 0 Å². The van der Waals surface area contributed by atoms with Crippen LogP contribution in [0.15, 0.2) is 10.9 Å². The van der Waals surface area contributed by atoms with E-state index in [1.807, 2.05) is 0 Å². The van der Waals surface area contributed by atoms with E-state index in [9.17, 15) is 4.39 Å². The summed E-state index contributed by atoms with van der Waals surface area (Å²) in [7, 11) is 0. The van der Waals surface area contributed by atoms with Gasteiger partial charge in [0.05, 0.1) is 5.03 Å². The van der Waals surface area contributed by atoms with Crippen LogP contribution in [0.2, 0.25) is 0 Å². The molecule has 0 bridgehead atoms. The first kappa shape index (κ1) is 12.8. The molecule has 1 rings (SSSR count). The maximum absolute atomic E-state index is 13.2. The molecular weight excluding hydrogens is 327 g/mol. The van der Waals surface area contributed by atoms with Crippen molar-refractivity contribution in [2.24, 2.45) is 0 Å². The molecular formula is C5Cl7F. The molecule has 8 heteroatoms. The zero-order valence-electron chi connectivity index (χ0n) is 5.52. The topological polar surface area (TPSA) is 0 Å². The number of allylic oxidation sites excluding steroid dienone is 2. The van der Waals surface area contributed by atoms with Crippen LogP contribution in [-0.4, -0.2) is 13.0 Å². The Hall–Kier alpha value is 1.70. The second-order valence-electron chi connectivity index (χ2n) is 2.35. The molecule has 0 amide bonds. The quantitative estimate of drug-likeness (QED) is 0.553. The lowest BCUT2D eigenvalue weighted by Crippen LogP contribution is -2.44. The van der Waals surface area contributed by atoms with Crippen molar-refractivity contribution in [1.29, 1.82) is 0 Å². The maximum Gasteiger partial charge on any atom is 0.206 e. The summed E-state index contributed by atoms with van der Waals surface area (Å²) >= 11 is 38.8. The van der Waals surface area contributed by atoms with Gasteiger partial charge in [-0.3, -0.25) is 0 Å². The Kier molecular flexibility index (Phi) is 3.29. The molecule has 0 heterocycles. The number of rotatable bonds is 0. The molecule has 0 aromatic heterocycles. The Balaban J connectivity index is 3.39. The van der Waals surface area contributed by atoms with Gasteiger partial charge in [0.1, 0.15) is 0 Å². The summed E-state index contributed by atoms with van der Waals surface area (Å²) < 4.78 is 6.77. The summed E-state index contributed by atoms with van der Waals surface area (Å²) in [6.07, 6.45) is 0. The highest BCUT2D eigenvalue weighted by atomic mass is 35.5. The molecule has 1 aliphatic carbocycles. The summed E-state index contributed by atoms with van der Waals surface area (Å²) in [5.41, 5.74) is 0. The van der Waals surface area contributed by atoms with Crippen LogP contribution in [0, 0.1) is 0 Å². The molecule has 0 unspecified atom stereocenters. The number of hydrogen-bond acceptors (Lipinski definition) is 0. The van der Waals surface area contributed by atoms with Crippen molar-refractivity contribution in [3.05, 3.63) is 10.9 Å². The molecule has 0 aliphatic heterocycles. The van der Waals surface area contributed by atoms with Crippen LogP contribution in [-0.2, 0) is 0 Å². The summed E-state index contributed by atoms with van der Waals surface area (Å²) in [6.45, 7) is 0. The van der Waals surface area contributed by atoms with E-state index in [2.05, 4.69) is 0 Å². The SMILES string of the molecule is FC1=C(Cl)C(Cl)(Cl)C(Cl)(Cl)C1(Cl)Cl. The molecule has 0 aromatic carbocycles. The number of alkyl halides is 6. The van der Waals surface area contributed by atoms with Gasteiger partial charge in [-0.2, -0.15) is 0 Å². The second-order valence-corrected chi connectivity index (χ2v) is 6.71. The fourth-order valence-corrected chi connectivity index (χ4v) is 2.70. The molecule has 13 heavy (non-hydrogen) atoms. The minimum absolute atomic E-state index is 0.606. The monoisotopic (exact) mass is 324 g/mol. The van der Waals surface area contributed by atoms with Crippen molar-refractivity contribution in [2.45, 2.75) is 13.0 Å². The zero-order chi connectivity index (χ0) is 10.7. The lowest BCUT2D eigenvalue weighted by molar-refractivity contribution is 0.573. The largest absolute Gasteiger partial charge is 0.207 e. The summed E-state index contributed by atoms with van der Waals surface area (Å²) in [5, 5.41) is -0.606. The van der Waals surface area contributed by atoms with Crippen molar-refractivity contribution < 1.29 is 4.39 Å². The predicted octanol–water partition coefficient (Wildman–Crippen LogP) is 4.94. The highest BCUT2D eigenvalue weighted by Gasteiger charge is 2.70. The zero-order valence-corrected chi connectivity index (χ0v) is 10.8.